The second kappa shape index (κ2) is 9.48. The summed E-state index contributed by atoms with van der Waals surface area (Å²) in [6, 6.07) is 13.9. The maximum atomic E-state index is 10.6. The van der Waals surface area contributed by atoms with Crippen LogP contribution in [0.2, 0.25) is 0 Å². The van der Waals surface area contributed by atoms with Crippen molar-refractivity contribution in [3.63, 3.8) is 0 Å². The first-order valence-electron chi connectivity index (χ1n) is 9.88. The zero-order chi connectivity index (χ0) is 20.9. The molecule has 1 aliphatic rings. The van der Waals surface area contributed by atoms with Crippen LogP contribution >= 0.6 is 0 Å². The van der Waals surface area contributed by atoms with Gasteiger partial charge < -0.3 is 24.1 Å². The first kappa shape index (κ1) is 21.4. The smallest absolute Gasteiger partial charge is 0.231 e. The number of hydrogen-bond donors (Lipinski definition) is 1. The summed E-state index contributed by atoms with van der Waals surface area (Å²) in [4.78, 5) is 2.20. The van der Waals surface area contributed by atoms with Crippen molar-refractivity contribution in [3.05, 3.63) is 53.6 Å². The largest absolute Gasteiger partial charge is 0.497 e. The van der Waals surface area contributed by atoms with E-state index in [1.54, 1.807) is 7.11 Å². The van der Waals surface area contributed by atoms with Crippen LogP contribution in [-0.4, -0.2) is 48.8 Å². The van der Waals surface area contributed by atoms with Crippen molar-refractivity contribution >= 4 is 0 Å². The lowest BCUT2D eigenvalue weighted by atomic mass is 10.1. The van der Waals surface area contributed by atoms with E-state index < -0.39 is 6.10 Å². The van der Waals surface area contributed by atoms with Crippen LogP contribution in [0.4, 0.5) is 0 Å². The molecule has 0 saturated carbocycles. The number of aliphatic hydroxyl groups excluding tert-OH is 1. The molecule has 6 heteroatoms. The van der Waals surface area contributed by atoms with Crippen molar-refractivity contribution in [2.24, 2.45) is 0 Å². The van der Waals surface area contributed by atoms with Gasteiger partial charge in [-0.3, -0.25) is 4.90 Å². The van der Waals surface area contributed by atoms with Gasteiger partial charge in [0.15, 0.2) is 11.5 Å². The fourth-order valence-corrected chi connectivity index (χ4v) is 3.21. The molecule has 29 heavy (non-hydrogen) atoms. The number of methoxy groups -OCH3 is 1. The van der Waals surface area contributed by atoms with E-state index in [0.29, 0.717) is 26.2 Å². The highest BCUT2D eigenvalue weighted by molar-refractivity contribution is 5.44. The molecule has 1 heterocycles. The van der Waals surface area contributed by atoms with Gasteiger partial charge in [0.2, 0.25) is 6.79 Å². The van der Waals surface area contributed by atoms with Crippen molar-refractivity contribution in [1.29, 1.82) is 0 Å². The van der Waals surface area contributed by atoms with Gasteiger partial charge in [-0.05, 0) is 56.2 Å². The van der Waals surface area contributed by atoms with Gasteiger partial charge in [0.1, 0.15) is 5.75 Å². The normalized spacial score (nSPS) is 14.3. The van der Waals surface area contributed by atoms with Gasteiger partial charge >= 0.3 is 0 Å². The van der Waals surface area contributed by atoms with Crippen molar-refractivity contribution in [3.8, 4) is 17.2 Å². The van der Waals surface area contributed by atoms with Crippen molar-refractivity contribution in [2.75, 3.05) is 27.1 Å². The number of nitrogens with zero attached hydrogens (tertiary/aromatic N) is 1. The van der Waals surface area contributed by atoms with Gasteiger partial charge in [-0.2, -0.15) is 0 Å². The highest BCUT2D eigenvalue weighted by atomic mass is 16.7. The summed E-state index contributed by atoms with van der Waals surface area (Å²) < 4.78 is 22.0. The van der Waals surface area contributed by atoms with Gasteiger partial charge in [-0.25, -0.2) is 0 Å². The standard InChI is InChI=1S/C23H31NO5/c1-23(2,3)29-15-19(25)14-24(12-17-6-5-7-20(10-17)26-4)13-18-8-9-21-22(11-18)28-16-27-21/h5-11,19,25H,12-16H2,1-4H3/t19-/m0/s1. The number of hydrogen-bond acceptors (Lipinski definition) is 6. The Labute approximate surface area is 173 Å². The first-order valence-corrected chi connectivity index (χ1v) is 9.88. The summed E-state index contributed by atoms with van der Waals surface area (Å²) in [5, 5.41) is 10.6. The Bertz CT molecular complexity index is 802. The molecule has 0 fully saturated rings. The molecule has 0 radical (unpaired) electrons. The van der Waals surface area contributed by atoms with Crippen LogP contribution in [-0.2, 0) is 17.8 Å². The molecule has 158 valence electrons. The molecule has 2 aromatic rings. The second-order valence-corrected chi connectivity index (χ2v) is 8.29. The molecule has 0 amide bonds. The predicted octanol–water partition coefficient (Wildman–Crippen LogP) is 3.60. The molecule has 0 aliphatic carbocycles. The lowest BCUT2D eigenvalue weighted by Crippen LogP contribution is -2.36. The van der Waals surface area contributed by atoms with Gasteiger partial charge in [0, 0.05) is 19.6 Å². The van der Waals surface area contributed by atoms with Crippen LogP contribution in [0.15, 0.2) is 42.5 Å². The quantitative estimate of drug-likeness (QED) is 0.693. The van der Waals surface area contributed by atoms with E-state index in [9.17, 15) is 5.11 Å². The zero-order valence-corrected chi connectivity index (χ0v) is 17.7. The molecule has 2 aromatic carbocycles. The van der Waals surface area contributed by atoms with Crippen molar-refractivity contribution in [1.82, 2.24) is 4.90 Å². The Hall–Kier alpha value is -2.28. The summed E-state index contributed by atoms with van der Waals surface area (Å²) in [5.41, 5.74) is 1.94. The maximum Gasteiger partial charge on any atom is 0.231 e. The minimum absolute atomic E-state index is 0.259. The minimum atomic E-state index is -0.589. The van der Waals surface area contributed by atoms with E-state index in [4.69, 9.17) is 18.9 Å². The van der Waals surface area contributed by atoms with Crippen LogP contribution in [0.3, 0.4) is 0 Å². The van der Waals surface area contributed by atoms with E-state index in [1.165, 1.54) is 0 Å². The van der Waals surface area contributed by atoms with Crippen LogP contribution in [0.25, 0.3) is 0 Å². The maximum absolute atomic E-state index is 10.6. The molecule has 1 atom stereocenters. The highest BCUT2D eigenvalue weighted by Gasteiger charge is 2.19. The molecule has 3 rings (SSSR count). The summed E-state index contributed by atoms with van der Waals surface area (Å²) in [7, 11) is 1.66. The third-order valence-corrected chi connectivity index (χ3v) is 4.56. The number of ether oxygens (including phenoxy) is 4. The average Bonchev–Trinajstić information content (AvgIpc) is 3.14. The van der Waals surface area contributed by atoms with Crippen molar-refractivity contribution in [2.45, 2.75) is 45.6 Å². The first-order chi connectivity index (χ1) is 13.8. The third-order valence-electron chi connectivity index (χ3n) is 4.56. The molecular formula is C23H31NO5. The molecule has 1 aliphatic heterocycles. The molecule has 1 N–H and O–H groups in total. The molecule has 6 nitrogen and oxygen atoms in total. The van der Waals surface area contributed by atoms with E-state index in [1.807, 2.05) is 57.2 Å². The Kier molecular flexibility index (Phi) is 7.00. The summed E-state index contributed by atoms with van der Waals surface area (Å²) >= 11 is 0. The van der Waals surface area contributed by atoms with Gasteiger partial charge in [-0.1, -0.05) is 18.2 Å². The number of aliphatic hydroxyl groups is 1. The molecular weight excluding hydrogens is 370 g/mol. The van der Waals surface area contributed by atoms with E-state index in [2.05, 4.69) is 11.0 Å². The second-order valence-electron chi connectivity index (χ2n) is 8.29. The molecule has 0 saturated heterocycles. The lowest BCUT2D eigenvalue weighted by molar-refractivity contribution is -0.0572. The fourth-order valence-electron chi connectivity index (χ4n) is 3.21. The topological polar surface area (TPSA) is 60.4 Å². The number of benzene rings is 2. The molecule has 0 aromatic heterocycles. The van der Waals surface area contributed by atoms with Crippen LogP contribution in [0, 0.1) is 0 Å². The third kappa shape index (κ3) is 6.63. The van der Waals surface area contributed by atoms with Crippen LogP contribution in [0.5, 0.6) is 17.2 Å². The van der Waals surface area contributed by atoms with E-state index in [0.717, 1.165) is 28.4 Å². The zero-order valence-electron chi connectivity index (χ0n) is 17.7. The number of fused-ring (bicyclic) bond motifs is 1. The van der Waals surface area contributed by atoms with Gasteiger partial charge in [-0.15, -0.1) is 0 Å². The summed E-state index contributed by atoms with van der Waals surface area (Å²) in [6.45, 7) is 8.34. The number of rotatable bonds is 9. The molecule has 0 unspecified atom stereocenters. The minimum Gasteiger partial charge on any atom is -0.497 e. The van der Waals surface area contributed by atoms with E-state index >= 15 is 0 Å². The summed E-state index contributed by atoms with van der Waals surface area (Å²) in [6.07, 6.45) is -0.589. The fraction of sp³-hybridized carbons (Fsp3) is 0.478. The predicted molar refractivity (Wildman–Crippen MR) is 111 cm³/mol. The SMILES string of the molecule is COc1cccc(CN(Cc2ccc3c(c2)OCO3)C[C@H](O)COC(C)(C)C)c1. The Morgan fingerprint density at radius 2 is 1.76 bits per heavy atom. The molecule has 0 bridgehead atoms. The van der Waals surface area contributed by atoms with Gasteiger partial charge in [0.05, 0.1) is 25.4 Å². The lowest BCUT2D eigenvalue weighted by Gasteiger charge is -2.27. The van der Waals surface area contributed by atoms with Crippen LogP contribution < -0.4 is 14.2 Å². The Morgan fingerprint density at radius 3 is 2.48 bits per heavy atom. The van der Waals surface area contributed by atoms with Crippen LogP contribution in [0.1, 0.15) is 31.9 Å². The summed E-state index contributed by atoms with van der Waals surface area (Å²) in [5.74, 6) is 2.36. The highest BCUT2D eigenvalue weighted by Crippen LogP contribution is 2.33. The monoisotopic (exact) mass is 401 g/mol. The Balaban J connectivity index is 1.71. The molecule has 0 spiro atoms. The van der Waals surface area contributed by atoms with Crippen molar-refractivity contribution < 1.29 is 24.1 Å². The van der Waals surface area contributed by atoms with E-state index in [-0.39, 0.29) is 12.4 Å². The Morgan fingerprint density at radius 1 is 1.03 bits per heavy atom. The van der Waals surface area contributed by atoms with Gasteiger partial charge in [0.25, 0.3) is 0 Å². The average molecular weight is 402 g/mol.